The van der Waals surface area contributed by atoms with Gasteiger partial charge in [0.2, 0.25) is 0 Å². The summed E-state index contributed by atoms with van der Waals surface area (Å²) in [7, 11) is 0. The van der Waals surface area contributed by atoms with E-state index in [1.54, 1.807) is 0 Å². The molecule has 1 aromatic rings. The Morgan fingerprint density at radius 3 is 2.00 bits per heavy atom. The van der Waals surface area contributed by atoms with Gasteiger partial charge in [0.1, 0.15) is 5.78 Å². The Morgan fingerprint density at radius 2 is 1.62 bits per heavy atom. The van der Waals surface area contributed by atoms with Gasteiger partial charge in [-0.1, -0.05) is 58.9 Å². The van der Waals surface area contributed by atoms with Crippen LogP contribution < -0.4 is 0 Å². The molecule has 0 fully saturated rings. The number of hydrogen-bond acceptors (Lipinski definition) is 1. The Kier molecular flexibility index (Phi) is 3.90. The number of benzene rings is 1. The third kappa shape index (κ3) is 3.48. The number of Topliss-reactive ketones (excluding diaryl/α,β-unsaturated/α-hetero) is 1. The summed E-state index contributed by atoms with van der Waals surface area (Å²) >= 11 is 0. The molecule has 1 rings (SSSR count). The van der Waals surface area contributed by atoms with E-state index in [9.17, 15) is 4.79 Å². The van der Waals surface area contributed by atoms with Crippen LogP contribution in [0.15, 0.2) is 24.3 Å². The third-order valence-electron chi connectivity index (χ3n) is 2.85. The van der Waals surface area contributed by atoms with E-state index in [1.165, 1.54) is 5.56 Å². The van der Waals surface area contributed by atoms with Gasteiger partial charge in [0.05, 0.1) is 0 Å². The number of carbonyl (C=O) groups excluding carboxylic acids is 1. The van der Waals surface area contributed by atoms with Gasteiger partial charge in [-0.15, -0.1) is 0 Å². The van der Waals surface area contributed by atoms with Crippen LogP contribution in [0.3, 0.4) is 0 Å². The quantitative estimate of drug-likeness (QED) is 0.750. The molecule has 0 unspecified atom stereocenters. The minimum atomic E-state index is -0.239. The van der Waals surface area contributed by atoms with Gasteiger partial charge in [-0.3, -0.25) is 4.79 Å². The van der Waals surface area contributed by atoms with E-state index in [-0.39, 0.29) is 5.41 Å². The van der Waals surface area contributed by atoms with Gasteiger partial charge in [-0.05, 0) is 17.0 Å². The minimum absolute atomic E-state index is 0.239. The predicted octanol–water partition coefficient (Wildman–Crippen LogP) is 3.97. The Balaban J connectivity index is 2.73. The van der Waals surface area contributed by atoms with Gasteiger partial charge < -0.3 is 0 Å². The molecule has 0 aliphatic heterocycles. The fraction of sp³-hybridized carbons (Fsp3) is 0.533. The summed E-state index contributed by atoms with van der Waals surface area (Å²) in [5.41, 5.74) is 2.20. The summed E-state index contributed by atoms with van der Waals surface area (Å²) in [4.78, 5) is 11.9. The van der Waals surface area contributed by atoms with Gasteiger partial charge in [-0.2, -0.15) is 0 Å². The smallest absolute Gasteiger partial charge is 0.142 e. The van der Waals surface area contributed by atoms with Gasteiger partial charge in [0.15, 0.2) is 0 Å². The van der Waals surface area contributed by atoms with Crippen LogP contribution in [0.1, 0.15) is 51.7 Å². The molecule has 0 spiro atoms. The van der Waals surface area contributed by atoms with Crippen LogP contribution in [0, 0.1) is 5.41 Å². The largest absolute Gasteiger partial charge is 0.299 e. The molecule has 0 N–H and O–H groups in total. The highest BCUT2D eigenvalue weighted by molar-refractivity contribution is 5.85. The topological polar surface area (TPSA) is 17.1 Å². The lowest BCUT2D eigenvalue weighted by Gasteiger charge is -2.16. The van der Waals surface area contributed by atoms with Gasteiger partial charge >= 0.3 is 0 Å². The second kappa shape index (κ2) is 4.82. The molecule has 88 valence electrons. The van der Waals surface area contributed by atoms with Crippen LogP contribution in [-0.2, 0) is 11.2 Å². The average molecular weight is 218 g/mol. The molecule has 0 aliphatic rings. The number of ketones is 1. The molecule has 0 aliphatic carbocycles. The Morgan fingerprint density at radius 1 is 1.12 bits per heavy atom. The van der Waals surface area contributed by atoms with Crippen molar-refractivity contribution >= 4 is 5.78 Å². The molecule has 16 heavy (non-hydrogen) atoms. The highest BCUT2D eigenvalue weighted by atomic mass is 16.1. The lowest BCUT2D eigenvalue weighted by atomic mass is 9.87. The van der Waals surface area contributed by atoms with Crippen LogP contribution in [0.5, 0.6) is 0 Å². The highest BCUT2D eigenvalue weighted by Crippen LogP contribution is 2.19. The molecule has 1 heteroatoms. The molecule has 0 bridgehead atoms. The van der Waals surface area contributed by atoms with Crippen LogP contribution >= 0.6 is 0 Å². The first-order valence-electron chi connectivity index (χ1n) is 5.93. The first kappa shape index (κ1) is 13.0. The van der Waals surface area contributed by atoms with Crippen molar-refractivity contribution in [2.75, 3.05) is 0 Å². The van der Waals surface area contributed by atoms with Crippen molar-refractivity contribution in [1.82, 2.24) is 0 Å². The molecule has 0 saturated carbocycles. The van der Waals surface area contributed by atoms with E-state index in [4.69, 9.17) is 0 Å². The van der Waals surface area contributed by atoms with E-state index >= 15 is 0 Å². The SMILES string of the molecule is CC(C)c1ccc(CC(=O)C(C)(C)C)cc1. The molecular weight excluding hydrogens is 196 g/mol. The normalized spacial score (nSPS) is 11.9. The Bertz CT molecular complexity index is 352. The zero-order chi connectivity index (χ0) is 12.3. The predicted molar refractivity (Wildman–Crippen MR) is 68.7 cm³/mol. The summed E-state index contributed by atoms with van der Waals surface area (Å²) in [6.45, 7) is 10.3. The number of rotatable bonds is 3. The summed E-state index contributed by atoms with van der Waals surface area (Å²) in [5, 5.41) is 0. The number of carbonyl (C=O) groups is 1. The molecule has 0 heterocycles. The zero-order valence-corrected chi connectivity index (χ0v) is 11.0. The Labute approximate surface area is 98.9 Å². The standard InChI is InChI=1S/C15H22O/c1-11(2)13-8-6-12(7-9-13)10-14(16)15(3,4)5/h6-9,11H,10H2,1-5H3. The van der Waals surface area contributed by atoms with Crippen molar-refractivity contribution in [2.45, 2.75) is 47.0 Å². The first-order chi connectivity index (χ1) is 7.30. The lowest BCUT2D eigenvalue weighted by molar-refractivity contribution is -0.125. The second-order valence-electron chi connectivity index (χ2n) is 5.75. The zero-order valence-electron chi connectivity index (χ0n) is 11.0. The molecule has 0 atom stereocenters. The molecule has 1 aromatic carbocycles. The van der Waals surface area contributed by atoms with Crippen LogP contribution in [0.25, 0.3) is 0 Å². The van der Waals surface area contributed by atoms with E-state index in [0.717, 1.165) is 5.56 Å². The maximum absolute atomic E-state index is 11.9. The third-order valence-corrected chi connectivity index (χ3v) is 2.85. The average Bonchev–Trinajstić information content (AvgIpc) is 2.17. The van der Waals surface area contributed by atoms with Crippen molar-refractivity contribution in [1.29, 1.82) is 0 Å². The monoisotopic (exact) mass is 218 g/mol. The maximum atomic E-state index is 11.9. The summed E-state index contributed by atoms with van der Waals surface area (Å²) in [6.07, 6.45) is 0.544. The number of hydrogen-bond donors (Lipinski definition) is 0. The molecule has 0 saturated heterocycles. The second-order valence-corrected chi connectivity index (χ2v) is 5.75. The highest BCUT2D eigenvalue weighted by Gasteiger charge is 2.20. The first-order valence-corrected chi connectivity index (χ1v) is 5.93. The van der Waals surface area contributed by atoms with Crippen molar-refractivity contribution < 1.29 is 4.79 Å². The van der Waals surface area contributed by atoms with Gasteiger partial charge in [0.25, 0.3) is 0 Å². The van der Waals surface area contributed by atoms with Crippen LogP contribution in [-0.4, -0.2) is 5.78 Å². The maximum Gasteiger partial charge on any atom is 0.142 e. The lowest BCUT2D eigenvalue weighted by Crippen LogP contribution is -2.22. The van der Waals surface area contributed by atoms with E-state index in [2.05, 4.69) is 38.1 Å². The fourth-order valence-corrected chi connectivity index (χ4v) is 1.47. The molecule has 0 aromatic heterocycles. The van der Waals surface area contributed by atoms with Crippen molar-refractivity contribution in [2.24, 2.45) is 5.41 Å². The van der Waals surface area contributed by atoms with Crippen LogP contribution in [0.2, 0.25) is 0 Å². The molecule has 0 radical (unpaired) electrons. The fourth-order valence-electron chi connectivity index (χ4n) is 1.47. The van der Waals surface area contributed by atoms with Crippen molar-refractivity contribution in [3.8, 4) is 0 Å². The van der Waals surface area contributed by atoms with Gasteiger partial charge in [-0.25, -0.2) is 0 Å². The summed E-state index contributed by atoms with van der Waals surface area (Å²) in [6, 6.07) is 8.38. The molecule has 0 amide bonds. The molecule has 1 nitrogen and oxygen atoms in total. The van der Waals surface area contributed by atoms with Crippen molar-refractivity contribution in [3.63, 3.8) is 0 Å². The van der Waals surface area contributed by atoms with Crippen molar-refractivity contribution in [3.05, 3.63) is 35.4 Å². The van der Waals surface area contributed by atoms with E-state index < -0.39 is 0 Å². The summed E-state index contributed by atoms with van der Waals surface area (Å²) < 4.78 is 0. The van der Waals surface area contributed by atoms with E-state index in [0.29, 0.717) is 18.1 Å². The Hall–Kier alpha value is -1.11. The molecular formula is C15H22O. The van der Waals surface area contributed by atoms with Crippen LogP contribution in [0.4, 0.5) is 0 Å². The summed E-state index contributed by atoms with van der Waals surface area (Å²) in [5.74, 6) is 0.845. The van der Waals surface area contributed by atoms with Gasteiger partial charge in [0, 0.05) is 11.8 Å². The van der Waals surface area contributed by atoms with E-state index in [1.807, 2.05) is 20.8 Å². The minimum Gasteiger partial charge on any atom is -0.299 e.